The molecule has 462 valence electrons. The van der Waals surface area contributed by atoms with Gasteiger partial charge in [0.25, 0.3) is 6.71 Å². The van der Waals surface area contributed by atoms with E-state index < -0.39 is 0 Å². The third-order valence-electron chi connectivity index (χ3n) is 18.1. The minimum atomic E-state index is 0.0821. The number of rotatable bonds is 14. The molecular formula is C88H70BClN6. The lowest BCUT2D eigenvalue weighted by Crippen LogP contribution is -2.61. The number of halogens is 1. The molecule has 0 aromatic heterocycles. The molecule has 0 fully saturated rings. The maximum absolute atomic E-state index is 7.56. The first-order valence-electron chi connectivity index (χ1n) is 32.8. The van der Waals surface area contributed by atoms with Crippen molar-refractivity contribution in [3.05, 3.63) is 379 Å². The highest BCUT2D eigenvalue weighted by atomic mass is 35.5. The Labute approximate surface area is 569 Å². The SMILES string of the molecule is Cc1ccc(N(c2ccc(C)cc2)c2cccc(N(c3ccccc3)c3cccc(N(c4ccccc4)c4ccccc4)c3)c2Cl)cc1.Cc1ccc(N2c3ccc(C)cc3B3c4ccc(N(c5ccccc5)c5ccccc5)cc4N(c4ccccc4)c4cccc2c43)cc1. The summed E-state index contributed by atoms with van der Waals surface area (Å²) in [6.07, 6.45) is 0. The molecule has 14 aromatic rings. The van der Waals surface area contributed by atoms with Gasteiger partial charge in [-0.3, -0.25) is 0 Å². The van der Waals surface area contributed by atoms with Crippen LogP contribution in [0.15, 0.2) is 352 Å². The van der Waals surface area contributed by atoms with Crippen LogP contribution in [-0.4, -0.2) is 6.71 Å². The van der Waals surface area contributed by atoms with Crippen LogP contribution in [0.5, 0.6) is 0 Å². The molecule has 0 saturated heterocycles. The van der Waals surface area contributed by atoms with Crippen molar-refractivity contribution in [1.29, 1.82) is 0 Å². The van der Waals surface area contributed by atoms with Crippen LogP contribution in [0.3, 0.4) is 0 Å². The first-order chi connectivity index (χ1) is 47.2. The Morgan fingerprint density at radius 2 is 0.573 bits per heavy atom. The van der Waals surface area contributed by atoms with Crippen LogP contribution >= 0.6 is 11.6 Å². The highest BCUT2D eigenvalue weighted by Crippen LogP contribution is 2.50. The van der Waals surface area contributed by atoms with E-state index >= 15 is 0 Å². The molecule has 0 aliphatic carbocycles. The Bertz CT molecular complexity index is 4880. The summed E-state index contributed by atoms with van der Waals surface area (Å²) in [6, 6.07) is 125. The van der Waals surface area contributed by atoms with Crippen LogP contribution in [0.4, 0.5) is 102 Å². The minimum absolute atomic E-state index is 0.0821. The molecule has 8 heteroatoms. The van der Waals surface area contributed by atoms with Crippen molar-refractivity contribution >= 4 is 137 Å². The highest BCUT2D eigenvalue weighted by Gasteiger charge is 2.43. The zero-order valence-corrected chi connectivity index (χ0v) is 54.9. The molecule has 0 atom stereocenters. The van der Waals surface area contributed by atoms with E-state index in [0.717, 1.165) is 73.9 Å². The predicted molar refractivity (Wildman–Crippen MR) is 410 cm³/mol. The van der Waals surface area contributed by atoms with Crippen molar-refractivity contribution in [2.75, 3.05) is 29.4 Å². The number of fused-ring (bicyclic) bond motifs is 4. The summed E-state index contributed by atoms with van der Waals surface area (Å²) in [5.74, 6) is 0. The standard InChI is InChI=1S/C44H34BN3.C44H36ClN3/c1-31-21-24-36(25-22-31)47-40-28-23-32(2)29-39(40)45-38-27-26-37(46(33-13-6-3-7-14-33)34-15-8-4-9-16-34)30-43(38)48(35-17-10-5-11-18-35)42-20-12-19-41(47)44(42)45;1-33-24-28-38(29-25-33)47(39-30-26-34(2)27-31-39)42-22-13-23-43(44(42)45)48(37-18-10-5-11-19-37)41-21-12-20-40(32-41)46(35-14-6-3-7-15-35)36-16-8-4-9-17-36/h3-30H,1-2H3;3-32H,1-2H3. The average molecular weight is 1260 g/mol. The Morgan fingerprint density at radius 3 is 1.05 bits per heavy atom. The number of hydrogen-bond acceptors (Lipinski definition) is 6. The van der Waals surface area contributed by atoms with E-state index in [9.17, 15) is 0 Å². The molecule has 2 aliphatic rings. The lowest BCUT2D eigenvalue weighted by atomic mass is 9.33. The van der Waals surface area contributed by atoms with Crippen LogP contribution in [0.25, 0.3) is 0 Å². The molecule has 2 aliphatic heterocycles. The highest BCUT2D eigenvalue weighted by molar-refractivity contribution is 7.00. The fourth-order valence-corrected chi connectivity index (χ4v) is 14.0. The van der Waals surface area contributed by atoms with E-state index in [1.165, 1.54) is 67.1 Å². The first-order valence-corrected chi connectivity index (χ1v) is 33.2. The molecule has 0 saturated carbocycles. The molecule has 6 nitrogen and oxygen atoms in total. The number of hydrogen-bond donors (Lipinski definition) is 0. The minimum Gasteiger partial charge on any atom is -0.311 e. The lowest BCUT2D eigenvalue weighted by Gasteiger charge is -2.44. The van der Waals surface area contributed by atoms with Gasteiger partial charge in [-0.05, 0) is 214 Å². The summed E-state index contributed by atoms with van der Waals surface area (Å²) >= 11 is 7.56. The zero-order valence-electron chi connectivity index (χ0n) is 54.1. The Balaban J connectivity index is 0.000000158. The number of para-hydroxylation sites is 6. The summed E-state index contributed by atoms with van der Waals surface area (Å²) in [4.78, 5) is 14.0. The van der Waals surface area contributed by atoms with Gasteiger partial charge in [0, 0.05) is 91.0 Å². The molecule has 0 bridgehead atoms. The second-order valence-electron chi connectivity index (χ2n) is 24.6. The predicted octanol–water partition coefficient (Wildman–Crippen LogP) is 23.2. The Hall–Kier alpha value is -11.8. The van der Waals surface area contributed by atoms with Crippen molar-refractivity contribution in [3.63, 3.8) is 0 Å². The van der Waals surface area contributed by atoms with Gasteiger partial charge in [0.2, 0.25) is 0 Å². The number of aryl methyl sites for hydroxylation is 4. The first kappa shape index (κ1) is 60.5. The van der Waals surface area contributed by atoms with Gasteiger partial charge in [-0.2, -0.15) is 0 Å². The molecule has 2 heterocycles. The summed E-state index contributed by atoms with van der Waals surface area (Å²) in [5, 5.41) is 0.649. The number of anilines is 18. The second kappa shape index (κ2) is 26.7. The molecule has 0 spiro atoms. The monoisotopic (exact) mass is 1260 g/mol. The Morgan fingerprint density at radius 1 is 0.240 bits per heavy atom. The summed E-state index contributed by atoms with van der Waals surface area (Å²) in [6.45, 7) is 8.65. The smallest absolute Gasteiger partial charge is 0.252 e. The van der Waals surface area contributed by atoms with Gasteiger partial charge >= 0.3 is 0 Å². The summed E-state index contributed by atoms with van der Waals surface area (Å²) < 4.78 is 0. The second-order valence-corrected chi connectivity index (χ2v) is 25.0. The van der Waals surface area contributed by atoms with Crippen molar-refractivity contribution in [2.24, 2.45) is 0 Å². The van der Waals surface area contributed by atoms with Gasteiger partial charge in [0.05, 0.1) is 16.4 Å². The van der Waals surface area contributed by atoms with Gasteiger partial charge in [-0.25, -0.2) is 0 Å². The number of benzene rings is 14. The normalized spacial score (nSPS) is 11.7. The fourth-order valence-electron chi connectivity index (χ4n) is 13.7. The molecule has 0 N–H and O–H groups in total. The summed E-state index contributed by atoms with van der Waals surface area (Å²) in [7, 11) is 0. The fraction of sp³-hybridized carbons (Fsp3) is 0.0455. The van der Waals surface area contributed by atoms with Crippen LogP contribution in [-0.2, 0) is 0 Å². The molecule has 16 rings (SSSR count). The summed E-state index contributed by atoms with van der Waals surface area (Å²) in [5.41, 5.74) is 28.5. The largest absolute Gasteiger partial charge is 0.311 e. The van der Waals surface area contributed by atoms with Crippen molar-refractivity contribution in [3.8, 4) is 0 Å². The van der Waals surface area contributed by atoms with Gasteiger partial charge in [-0.1, -0.05) is 216 Å². The molecule has 0 radical (unpaired) electrons. The van der Waals surface area contributed by atoms with E-state index in [0.29, 0.717) is 5.02 Å². The third kappa shape index (κ3) is 11.8. The average Bonchev–Trinajstić information content (AvgIpc) is 0.701. The molecule has 96 heavy (non-hydrogen) atoms. The van der Waals surface area contributed by atoms with Gasteiger partial charge < -0.3 is 29.4 Å². The van der Waals surface area contributed by atoms with Gasteiger partial charge in [0.15, 0.2) is 0 Å². The van der Waals surface area contributed by atoms with Gasteiger partial charge in [-0.15, -0.1) is 0 Å². The van der Waals surface area contributed by atoms with Crippen molar-refractivity contribution in [1.82, 2.24) is 0 Å². The molecule has 0 amide bonds. The van der Waals surface area contributed by atoms with E-state index in [1.807, 2.05) is 18.2 Å². The maximum atomic E-state index is 7.56. The molecule has 0 unspecified atom stereocenters. The zero-order chi connectivity index (χ0) is 65.1. The van der Waals surface area contributed by atoms with E-state index in [-0.39, 0.29) is 6.71 Å². The molecule has 14 aromatic carbocycles. The van der Waals surface area contributed by atoms with Crippen LogP contribution in [0.2, 0.25) is 5.02 Å². The Kier molecular flexibility index (Phi) is 16.8. The van der Waals surface area contributed by atoms with Crippen molar-refractivity contribution in [2.45, 2.75) is 27.7 Å². The number of nitrogens with zero attached hydrogens (tertiary/aromatic N) is 6. The van der Waals surface area contributed by atoms with Crippen LogP contribution < -0.4 is 45.8 Å². The molecular weight excluding hydrogens is 1190 g/mol. The quantitative estimate of drug-likeness (QED) is 0.100. The van der Waals surface area contributed by atoms with Crippen LogP contribution in [0, 0.1) is 27.7 Å². The lowest BCUT2D eigenvalue weighted by molar-refractivity contribution is 1.23. The van der Waals surface area contributed by atoms with E-state index in [2.05, 4.69) is 391 Å². The van der Waals surface area contributed by atoms with E-state index in [4.69, 9.17) is 11.6 Å². The maximum Gasteiger partial charge on any atom is 0.252 e. The van der Waals surface area contributed by atoms with Gasteiger partial charge in [0.1, 0.15) is 0 Å². The van der Waals surface area contributed by atoms with Crippen molar-refractivity contribution < 1.29 is 0 Å². The third-order valence-corrected chi connectivity index (χ3v) is 18.5. The van der Waals surface area contributed by atoms with E-state index in [1.54, 1.807) is 0 Å². The van der Waals surface area contributed by atoms with Crippen LogP contribution in [0.1, 0.15) is 22.3 Å². The topological polar surface area (TPSA) is 19.4 Å².